The molecule has 0 radical (unpaired) electrons. The van der Waals surface area contributed by atoms with Crippen molar-refractivity contribution in [2.75, 3.05) is 10.6 Å². The lowest BCUT2D eigenvalue weighted by Crippen LogP contribution is -2.26. The predicted molar refractivity (Wildman–Crippen MR) is 117 cm³/mol. The molecule has 1 heterocycles. The lowest BCUT2D eigenvalue weighted by molar-refractivity contribution is -0.116. The molecule has 2 N–H and O–H groups in total. The highest BCUT2D eigenvalue weighted by Gasteiger charge is 2.09. The number of nitrogens with one attached hydrogen (secondary N) is 2. The Morgan fingerprint density at radius 2 is 1.62 bits per heavy atom. The average molecular weight is 454 g/mol. The Morgan fingerprint density at radius 1 is 0.931 bits per heavy atom. The third-order valence-electron chi connectivity index (χ3n) is 4.31. The Labute approximate surface area is 176 Å². The average Bonchev–Trinajstić information content (AvgIpc) is 2.68. The molecule has 6 nitrogen and oxygen atoms in total. The SMILES string of the molecule is Cc1ccc(=O)n(CC(=O)Nc2ccc(C(=O)Nc3ccc(C)c(Br)c3)cc2)c1. The van der Waals surface area contributed by atoms with Crippen LogP contribution in [0.2, 0.25) is 0 Å². The summed E-state index contributed by atoms with van der Waals surface area (Å²) in [6, 6.07) is 15.3. The molecule has 0 saturated heterocycles. The molecule has 0 unspecified atom stereocenters. The van der Waals surface area contributed by atoms with Crippen LogP contribution >= 0.6 is 15.9 Å². The van der Waals surface area contributed by atoms with Gasteiger partial charge in [-0.2, -0.15) is 0 Å². The standard InChI is InChI=1S/C22H20BrN3O3/c1-14-3-10-21(28)26(12-14)13-20(27)24-17-8-5-16(6-9-17)22(29)25-18-7-4-15(2)19(23)11-18/h3-12H,13H2,1-2H3,(H,24,27)(H,25,29). The molecule has 3 rings (SSSR count). The molecular weight excluding hydrogens is 434 g/mol. The zero-order valence-corrected chi connectivity index (χ0v) is 17.6. The number of aromatic nitrogens is 1. The maximum atomic E-state index is 12.4. The summed E-state index contributed by atoms with van der Waals surface area (Å²) < 4.78 is 2.27. The molecule has 0 aliphatic rings. The highest BCUT2D eigenvalue weighted by Crippen LogP contribution is 2.21. The zero-order chi connectivity index (χ0) is 21.0. The van der Waals surface area contributed by atoms with Crippen LogP contribution in [0.5, 0.6) is 0 Å². The number of amides is 2. The first-order chi connectivity index (χ1) is 13.8. The lowest BCUT2D eigenvalue weighted by Gasteiger charge is -2.10. The summed E-state index contributed by atoms with van der Waals surface area (Å²) in [7, 11) is 0. The summed E-state index contributed by atoms with van der Waals surface area (Å²) >= 11 is 3.44. The van der Waals surface area contributed by atoms with Gasteiger partial charge in [-0.15, -0.1) is 0 Å². The van der Waals surface area contributed by atoms with E-state index >= 15 is 0 Å². The number of halogens is 1. The lowest BCUT2D eigenvalue weighted by atomic mass is 10.1. The molecule has 148 valence electrons. The second-order valence-electron chi connectivity index (χ2n) is 6.72. The van der Waals surface area contributed by atoms with Crippen molar-refractivity contribution in [2.24, 2.45) is 0 Å². The number of anilines is 2. The van der Waals surface area contributed by atoms with E-state index in [4.69, 9.17) is 0 Å². The van der Waals surface area contributed by atoms with E-state index in [1.54, 1.807) is 36.5 Å². The van der Waals surface area contributed by atoms with Gasteiger partial charge in [-0.1, -0.05) is 28.1 Å². The molecule has 1 aromatic heterocycles. The van der Waals surface area contributed by atoms with E-state index in [0.29, 0.717) is 16.9 Å². The normalized spacial score (nSPS) is 10.4. The van der Waals surface area contributed by atoms with Gasteiger partial charge >= 0.3 is 0 Å². The molecule has 3 aromatic rings. The van der Waals surface area contributed by atoms with Crippen molar-refractivity contribution < 1.29 is 9.59 Å². The van der Waals surface area contributed by atoms with Crippen LogP contribution in [0.4, 0.5) is 11.4 Å². The molecule has 0 aliphatic carbocycles. The van der Waals surface area contributed by atoms with Gasteiger partial charge in [0.15, 0.2) is 0 Å². The van der Waals surface area contributed by atoms with Gasteiger partial charge in [0.1, 0.15) is 6.54 Å². The summed E-state index contributed by atoms with van der Waals surface area (Å²) in [5.74, 6) is -0.565. The second-order valence-corrected chi connectivity index (χ2v) is 7.57. The van der Waals surface area contributed by atoms with E-state index in [0.717, 1.165) is 15.6 Å². The van der Waals surface area contributed by atoms with Gasteiger partial charge in [-0.25, -0.2) is 0 Å². The molecule has 29 heavy (non-hydrogen) atoms. The molecule has 2 amide bonds. The summed E-state index contributed by atoms with van der Waals surface area (Å²) in [6.07, 6.45) is 1.64. The predicted octanol–water partition coefficient (Wildman–Crippen LogP) is 4.12. The van der Waals surface area contributed by atoms with Crippen LogP contribution in [0.3, 0.4) is 0 Å². The fourth-order valence-electron chi connectivity index (χ4n) is 2.71. The number of benzene rings is 2. The van der Waals surface area contributed by atoms with Crippen LogP contribution < -0.4 is 16.2 Å². The monoisotopic (exact) mass is 453 g/mol. The summed E-state index contributed by atoms with van der Waals surface area (Å²) in [5, 5.41) is 5.57. The third kappa shape index (κ3) is 5.42. The first kappa shape index (κ1) is 20.5. The van der Waals surface area contributed by atoms with Crippen molar-refractivity contribution >= 4 is 39.1 Å². The highest BCUT2D eigenvalue weighted by molar-refractivity contribution is 9.10. The van der Waals surface area contributed by atoms with Crippen LogP contribution in [0.25, 0.3) is 0 Å². The van der Waals surface area contributed by atoms with Crippen molar-refractivity contribution in [3.05, 3.63) is 92.3 Å². The van der Waals surface area contributed by atoms with Crippen molar-refractivity contribution in [3.63, 3.8) is 0 Å². The Bertz CT molecular complexity index is 1120. The van der Waals surface area contributed by atoms with Crippen molar-refractivity contribution in [3.8, 4) is 0 Å². The maximum absolute atomic E-state index is 12.4. The quantitative estimate of drug-likeness (QED) is 0.609. The van der Waals surface area contributed by atoms with E-state index in [1.165, 1.54) is 10.6 Å². The third-order valence-corrected chi connectivity index (χ3v) is 5.16. The Hall–Kier alpha value is -3.19. The van der Waals surface area contributed by atoms with Gasteiger partial charge in [0.2, 0.25) is 5.91 Å². The first-order valence-corrected chi connectivity index (χ1v) is 9.75. The number of hydrogen-bond acceptors (Lipinski definition) is 3. The smallest absolute Gasteiger partial charge is 0.255 e. The van der Waals surface area contributed by atoms with Crippen LogP contribution in [0.1, 0.15) is 21.5 Å². The minimum atomic E-state index is -0.320. The van der Waals surface area contributed by atoms with Crippen molar-refractivity contribution in [1.82, 2.24) is 4.57 Å². The Balaban J connectivity index is 1.62. The molecule has 0 atom stereocenters. The molecule has 2 aromatic carbocycles. The van der Waals surface area contributed by atoms with Gasteiger partial charge in [0.05, 0.1) is 0 Å². The van der Waals surface area contributed by atoms with Gasteiger partial charge < -0.3 is 15.2 Å². The topological polar surface area (TPSA) is 80.2 Å². The van der Waals surface area contributed by atoms with Gasteiger partial charge in [0, 0.05) is 33.7 Å². The second kappa shape index (κ2) is 8.87. The molecule has 0 fully saturated rings. The minimum absolute atomic E-state index is 0.0783. The van der Waals surface area contributed by atoms with E-state index in [1.807, 2.05) is 32.0 Å². The van der Waals surface area contributed by atoms with Gasteiger partial charge in [-0.05, 0) is 61.4 Å². The molecule has 7 heteroatoms. The van der Waals surface area contributed by atoms with E-state index in [2.05, 4.69) is 26.6 Å². The Morgan fingerprint density at radius 3 is 2.31 bits per heavy atom. The van der Waals surface area contributed by atoms with Gasteiger partial charge in [-0.3, -0.25) is 14.4 Å². The number of hydrogen-bond donors (Lipinski definition) is 2. The minimum Gasteiger partial charge on any atom is -0.325 e. The van der Waals surface area contributed by atoms with E-state index in [-0.39, 0.29) is 23.9 Å². The van der Waals surface area contributed by atoms with Crippen molar-refractivity contribution in [2.45, 2.75) is 20.4 Å². The van der Waals surface area contributed by atoms with Crippen molar-refractivity contribution in [1.29, 1.82) is 0 Å². The van der Waals surface area contributed by atoms with Crippen LogP contribution in [-0.2, 0) is 11.3 Å². The molecule has 0 spiro atoms. The molecule has 0 saturated carbocycles. The van der Waals surface area contributed by atoms with Crippen LogP contribution in [0.15, 0.2) is 70.1 Å². The number of carbonyl (C=O) groups excluding carboxylic acids is 2. The first-order valence-electron chi connectivity index (χ1n) is 8.96. The Kier molecular flexibility index (Phi) is 6.29. The largest absolute Gasteiger partial charge is 0.325 e. The number of rotatable bonds is 5. The fourth-order valence-corrected chi connectivity index (χ4v) is 3.09. The summed E-state index contributed by atoms with van der Waals surface area (Å²) in [5.41, 5.74) is 3.44. The summed E-state index contributed by atoms with van der Waals surface area (Å²) in [6.45, 7) is 3.75. The van der Waals surface area contributed by atoms with Crippen LogP contribution in [-0.4, -0.2) is 16.4 Å². The fraction of sp³-hybridized carbons (Fsp3) is 0.136. The molecular formula is C22H20BrN3O3. The van der Waals surface area contributed by atoms with E-state index < -0.39 is 0 Å². The van der Waals surface area contributed by atoms with E-state index in [9.17, 15) is 14.4 Å². The number of carbonyl (C=O) groups is 2. The zero-order valence-electron chi connectivity index (χ0n) is 16.0. The molecule has 0 aliphatic heterocycles. The highest BCUT2D eigenvalue weighted by atomic mass is 79.9. The number of nitrogens with zero attached hydrogens (tertiary/aromatic N) is 1. The molecule has 0 bridgehead atoms. The maximum Gasteiger partial charge on any atom is 0.255 e. The number of aryl methyl sites for hydroxylation is 2. The number of pyridine rings is 1. The van der Waals surface area contributed by atoms with Gasteiger partial charge in [0.25, 0.3) is 11.5 Å². The summed E-state index contributed by atoms with van der Waals surface area (Å²) in [4.78, 5) is 36.4. The van der Waals surface area contributed by atoms with Crippen LogP contribution in [0, 0.1) is 13.8 Å².